The zero-order valence-corrected chi connectivity index (χ0v) is 9.76. The summed E-state index contributed by atoms with van der Waals surface area (Å²) in [5.74, 6) is -1.42. The molecule has 0 spiro atoms. The summed E-state index contributed by atoms with van der Waals surface area (Å²) < 4.78 is 39.7. The number of carbonyl (C=O) groups excluding carboxylic acids is 1. The topological polar surface area (TPSA) is 109 Å². The van der Waals surface area contributed by atoms with E-state index in [1.54, 1.807) is 0 Å². The molecule has 1 heterocycles. The maximum Gasteiger partial charge on any atom is 0.573 e. The highest BCUT2D eigenvalue weighted by atomic mass is 19.4. The van der Waals surface area contributed by atoms with Gasteiger partial charge in [0.2, 0.25) is 0 Å². The predicted octanol–water partition coefficient (Wildman–Crippen LogP) is 0.847. The van der Waals surface area contributed by atoms with Crippen LogP contribution in [0.3, 0.4) is 0 Å². The second-order valence-corrected chi connectivity index (χ2v) is 3.63. The van der Waals surface area contributed by atoms with Crippen LogP contribution in [0.2, 0.25) is 0 Å². The lowest BCUT2D eigenvalue weighted by molar-refractivity contribution is -0.274. The number of amides is 1. The van der Waals surface area contributed by atoms with Crippen molar-refractivity contribution in [3.05, 3.63) is 30.0 Å². The van der Waals surface area contributed by atoms with Crippen LogP contribution >= 0.6 is 0 Å². The van der Waals surface area contributed by atoms with Crippen LogP contribution < -0.4 is 16.2 Å². The number of hydrogen-bond donors (Lipinski definition) is 2. The van der Waals surface area contributed by atoms with Crippen LogP contribution in [-0.4, -0.2) is 27.3 Å². The lowest BCUT2D eigenvalue weighted by Gasteiger charge is -2.08. The van der Waals surface area contributed by atoms with Crippen molar-refractivity contribution >= 4 is 11.7 Å². The minimum atomic E-state index is -4.77. The molecule has 0 bridgehead atoms. The van der Waals surface area contributed by atoms with E-state index in [1.165, 1.54) is 12.1 Å². The van der Waals surface area contributed by atoms with Crippen molar-refractivity contribution < 1.29 is 22.7 Å². The quantitative estimate of drug-likeness (QED) is 0.869. The number of aromatic nitrogens is 3. The Morgan fingerprint density at radius 1 is 1.20 bits per heavy atom. The molecule has 106 valence electrons. The minimum Gasteiger partial charge on any atom is -0.406 e. The van der Waals surface area contributed by atoms with Crippen molar-refractivity contribution in [1.82, 2.24) is 15.0 Å². The van der Waals surface area contributed by atoms with Gasteiger partial charge in [-0.15, -0.1) is 28.2 Å². The lowest BCUT2D eigenvalue weighted by Crippen LogP contribution is -2.17. The maximum atomic E-state index is 12.0. The molecule has 0 fully saturated rings. The van der Waals surface area contributed by atoms with Crippen molar-refractivity contribution in [3.8, 4) is 11.4 Å². The smallest absolute Gasteiger partial charge is 0.406 e. The lowest BCUT2D eigenvalue weighted by atomic mass is 10.3. The molecule has 1 aromatic carbocycles. The molecule has 10 heteroatoms. The van der Waals surface area contributed by atoms with Crippen molar-refractivity contribution in [2.45, 2.75) is 6.36 Å². The molecule has 1 amide bonds. The fraction of sp³-hybridized carbons (Fsp3) is 0.100. The zero-order chi connectivity index (χ0) is 14.9. The van der Waals surface area contributed by atoms with E-state index in [4.69, 9.17) is 11.5 Å². The number of nitrogens with zero attached hydrogens (tertiary/aromatic N) is 3. The number of ether oxygens (including phenoxy) is 1. The van der Waals surface area contributed by atoms with Gasteiger partial charge in [0.15, 0.2) is 11.5 Å². The summed E-state index contributed by atoms with van der Waals surface area (Å²) in [6, 6.07) is 4.69. The summed E-state index contributed by atoms with van der Waals surface area (Å²) in [4.78, 5) is 11.9. The van der Waals surface area contributed by atoms with Gasteiger partial charge in [0.1, 0.15) is 5.75 Å². The number of nitrogens with two attached hydrogens (primary N) is 2. The van der Waals surface area contributed by atoms with Crippen molar-refractivity contribution in [2.24, 2.45) is 5.73 Å². The third-order valence-corrected chi connectivity index (χ3v) is 2.17. The zero-order valence-electron chi connectivity index (χ0n) is 9.76. The average Bonchev–Trinajstić information content (AvgIpc) is 2.70. The van der Waals surface area contributed by atoms with E-state index in [9.17, 15) is 18.0 Å². The van der Waals surface area contributed by atoms with Gasteiger partial charge in [0, 0.05) is 0 Å². The summed E-state index contributed by atoms with van der Waals surface area (Å²) in [5, 5.41) is 7.45. The number of alkyl halides is 3. The number of benzene rings is 1. The van der Waals surface area contributed by atoms with Gasteiger partial charge in [-0.1, -0.05) is 0 Å². The number of hydrogen-bond acceptors (Lipinski definition) is 5. The van der Waals surface area contributed by atoms with Crippen LogP contribution in [0.5, 0.6) is 5.75 Å². The van der Waals surface area contributed by atoms with Gasteiger partial charge < -0.3 is 16.2 Å². The van der Waals surface area contributed by atoms with Crippen molar-refractivity contribution in [1.29, 1.82) is 0 Å². The summed E-state index contributed by atoms with van der Waals surface area (Å²) in [6.45, 7) is 0. The van der Waals surface area contributed by atoms with Crippen LogP contribution in [0.25, 0.3) is 5.69 Å². The Labute approximate surface area is 109 Å². The first-order chi connectivity index (χ1) is 9.26. The first kappa shape index (κ1) is 13.6. The number of rotatable bonds is 3. The molecule has 1 aromatic heterocycles. The van der Waals surface area contributed by atoms with Crippen LogP contribution in [-0.2, 0) is 0 Å². The van der Waals surface area contributed by atoms with Gasteiger partial charge in [0.05, 0.1) is 5.69 Å². The Morgan fingerprint density at radius 3 is 2.25 bits per heavy atom. The molecular weight excluding hydrogens is 279 g/mol. The van der Waals surface area contributed by atoms with Gasteiger partial charge in [-0.3, -0.25) is 4.79 Å². The van der Waals surface area contributed by atoms with E-state index in [2.05, 4.69) is 14.9 Å². The van der Waals surface area contributed by atoms with Crippen molar-refractivity contribution in [2.75, 3.05) is 5.73 Å². The third kappa shape index (κ3) is 2.96. The number of nitrogen functional groups attached to an aromatic ring is 1. The molecule has 7 nitrogen and oxygen atoms in total. The Balaban J connectivity index is 2.26. The van der Waals surface area contributed by atoms with Gasteiger partial charge >= 0.3 is 6.36 Å². The molecule has 0 radical (unpaired) electrons. The van der Waals surface area contributed by atoms with Crippen molar-refractivity contribution in [3.63, 3.8) is 0 Å². The van der Waals surface area contributed by atoms with Crippen LogP contribution in [0.4, 0.5) is 19.0 Å². The number of halogens is 3. The number of primary amides is 1. The fourth-order valence-electron chi connectivity index (χ4n) is 1.39. The maximum absolute atomic E-state index is 12.0. The number of anilines is 1. The molecule has 0 aliphatic heterocycles. The molecule has 0 saturated heterocycles. The van der Waals surface area contributed by atoms with Crippen LogP contribution in [0, 0.1) is 0 Å². The average molecular weight is 287 g/mol. The standard InChI is InChI=1S/C10H8F3N5O2/c11-10(12,13)20-6-3-1-5(2-4-6)18-16-7(9(15)19)8(14)17-18/h1-4H,(H2,14,17)(H2,15,19). The molecule has 0 aliphatic carbocycles. The van der Waals surface area contributed by atoms with Gasteiger partial charge in [-0.2, -0.15) is 0 Å². The van der Waals surface area contributed by atoms with E-state index in [-0.39, 0.29) is 11.5 Å². The molecule has 0 saturated carbocycles. The largest absolute Gasteiger partial charge is 0.573 e. The molecular formula is C10H8F3N5O2. The van der Waals surface area contributed by atoms with Gasteiger partial charge in [-0.05, 0) is 24.3 Å². The third-order valence-electron chi connectivity index (χ3n) is 2.17. The summed E-state index contributed by atoms with van der Waals surface area (Å²) in [5.41, 5.74) is 10.5. The fourth-order valence-corrected chi connectivity index (χ4v) is 1.39. The first-order valence-corrected chi connectivity index (χ1v) is 5.15. The molecule has 0 unspecified atom stereocenters. The van der Waals surface area contributed by atoms with E-state index < -0.39 is 18.0 Å². The van der Waals surface area contributed by atoms with E-state index in [0.717, 1.165) is 16.9 Å². The summed E-state index contributed by atoms with van der Waals surface area (Å²) >= 11 is 0. The molecule has 20 heavy (non-hydrogen) atoms. The van der Waals surface area contributed by atoms with E-state index >= 15 is 0 Å². The highest BCUT2D eigenvalue weighted by Crippen LogP contribution is 2.23. The second-order valence-electron chi connectivity index (χ2n) is 3.63. The predicted molar refractivity (Wildman–Crippen MR) is 61.0 cm³/mol. The second kappa shape index (κ2) is 4.72. The minimum absolute atomic E-state index is 0.173. The molecule has 2 rings (SSSR count). The van der Waals surface area contributed by atoms with E-state index in [0.29, 0.717) is 5.69 Å². The summed E-state index contributed by atoms with van der Waals surface area (Å²) in [6.07, 6.45) is -4.77. The number of carbonyl (C=O) groups is 1. The highest BCUT2D eigenvalue weighted by Gasteiger charge is 2.31. The molecule has 2 aromatic rings. The van der Waals surface area contributed by atoms with Crippen LogP contribution in [0.15, 0.2) is 24.3 Å². The first-order valence-electron chi connectivity index (χ1n) is 5.15. The van der Waals surface area contributed by atoms with E-state index in [1.807, 2.05) is 0 Å². The van der Waals surface area contributed by atoms with Gasteiger partial charge in [0.25, 0.3) is 5.91 Å². The Hall–Kier alpha value is -2.78. The molecule has 0 aliphatic rings. The van der Waals surface area contributed by atoms with Crippen LogP contribution in [0.1, 0.15) is 10.5 Å². The summed E-state index contributed by atoms with van der Waals surface area (Å²) in [7, 11) is 0. The highest BCUT2D eigenvalue weighted by molar-refractivity contribution is 5.94. The Bertz CT molecular complexity index is 635. The monoisotopic (exact) mass is 287 g/mol. The molecule has 4 N–H and O–H groups in total. The molecule has 0 atom stereocenters. The van der Waals surface area contributed by atoms with Gasteiger partial charge in [-0.25, -0.2) is 0 Å². The SMILES string of the molecule is NC(=O)c1nn(-c2ccc(OC(F)(F)F)cc2)nc1N. The normalized spacial score (nSPS) is 11.3. The Kier molecular flexibility index (Phi) is 3.22. The Morgan fingerprint density at radius 2 is 1.80 bits per heavy atom.